The van der Waals surface area contributed by atoms with E-state index in [1.54, 1.807) is 30.2 Å². The number of methoxy groups -OCH3 is 1. The topological polar surface area (TPSA) is 102 Å². The van der Waals surface area contributed by atoms with Crippen molar-refractivity contribution in [1.82, 2.24) is 9.80 Å². The molecule has 1 fully saturated rings. The molecule has 3 rings (SSSR count). The van der Waals surface area contributed by atoms with Gasteiger partial charge in [0.2, 0.25) is 11.8 Å². The lowest BCUT2D eigenvalue weighted by Crippen LogP contribution is -2.63. The number of ether oxygens (including phenoxy) is 1. The van der Waals surface area contributed by atoms with E-state index < -0.39 is 18.0 Å². The van der Waals surface area contributed by atoms with Gasteiger partial charge in [0.1, 0.15) is 5.82 Å². The number of nitrogens with two attached hydrogens (primary N) is 2. The number of nitrogens with zero attached hydrogens (tertiary/aromatic N) is 2. The zero-order valence-corrected chi connectivity index (χ0v) is 20.2. The molecule has 4 atom stereocenters. The third kappa shape index (κ3) is 6.13. The van der Waals surface area contributed by atoms with E-state index in [0.29, 0.717) is 31.1 Å². The number of rotatable bonds is 9. The predicted octanol–water partition coefficient (Wildman–Crippen LogP) is 2.17. The quantitative estimate of drug-likeness (QED) is 0.561. The molecule has 1 aliphatic heterocycles. The molecule has 0 bridgehead atoms. The average molecular weight is 491 g/mol. The fourth-order valence-electron chi connectivity index (χ4n) is 4.69. The Morgan fingerprint density at radius 2 is 1.85 bits per heavy atom. The van der Waals surface area contributed by atoms with Gasteiger partial charge in [-0.1, -0.05) is 48.9 Å². The third-order valence-corrected chi connectivity index (χ3v) is 6.74. The molecule has 0 aliphatic carbocycles. The molecule has 184 valence electrons. The van der Waals surface area contributed by atoms with Crippen molar-refractivity contribution in [2.75, 3.05) is 33.4 Å². The normalized spacial score (nSPS) is 19.4. The van der Waals surface area contributed by atoms with E-state index in [0.717, 1.165) is 11.1 Å². The molecule has 4 unspecified atom stereocenters. The maximum absolute atomic E-state index is 13.2. The highest BCUT2D eigenvalue weighted by Crippen LogP contribution is 2.30. The van der Waals surface area contributed by atoms with Crippen LogP contribution in [0.25, 0.3) is 0 Å². The summed E-state index contributed by atoms with van der Waals surface area (Å²) in [6.07, 6.45) is 0.298. The van der Waals surface area contributed by atoms with Crippen LogP contribution in [0, 0.1) is 5.82 Å². The number of benzene rings is 2. The van der Waals surface area contributed by atoms with Gasteiger partial charge in [0.05, 0.1) is 24.7 Å². The van der Waals surface area contributed by atoms with Crippen LogP contribution in [-0.2, 0) is 20.7 Å². The molecule has 7 nitrogen and oxygen atoms in total. The molecule has 0 aromatic heterocycles. The molecule has 1 saturated heterocycles. The Kier molecular flexibility index (Phi) is 9.02. The molecule has 0 radical (unpaired) electrons. The van der Waals surface area contributed by atoms with Crippen LogP contribution in [0.2, 0.25) is 5.02 Å². The number of carbonyl (C=O) groups excluding carboxylic acids is 2. The minimum absolute atomic E-state index is 0.208. The van der Waals surface area contributed by atoms with Gasteiger partial charge in [-0.05, 0) is 35.7 Å². The van der Waals surface area contributed by atoms with Crippen molar-refractivity contribution in [3.05, 3.63) is 70.5 Å². The number of amides is 2. The van der Waals surface area contributed by atoms with E-state index >= 15 is 0 Å². The molecule has 9 heteroatoms. The minimum atomic E-state index is -0.773. The molecule has 2 aromatic carbocycles. The summed E-state index contributed by atoms with van der Waals surface area (Å²) in [5, 5.41) is 0.579. The Hall–Kier alpha value is -2.52. The summed E-state index contributed by atoms with van der Waals surface area (Å²) >= 11 is 6.38. The van der Waals surface area contributed by atoms with Crippen molar-refractivity contribution >= 4 is 23.4 Å². The maximum atomic E-state index is 13.2. The fraction of sp³-hybridized carbons (Fsp3) is 0.440. The van der Waals surface area contributed by atoms with Crippen LogP contribution in [0.15, 0.2) is 48.5 Å². The number of carbonyl (C=O) groups is 2. The number of halogens is 2. The predicted molar refractivity (Wildman–Crippen MR) is 130 cm³/mol. The van der Waals surface area contributed by atoms with Crippen molar-refractivity contribution in [3.8, 4) is 0 Å². The zero-order chi connectivity index (χ0) is 24.8. The van der Waals surface area contributed by atoms with E-state index in [1.807, 2.05) is 30.0 Å². The molecule has 4 N–H and O–H groups in total. The van der Waals surface area contributed by atoms with Crippen molar-refractivity contribution in [2.45, 2.75) is 37.4 Å². The zero-order valence-electron chi connectivity index (χ0n) is 19.5. The van der Waals surface area contributed by atoms with Crippen molar-refractivity contribution in [1.29, 1.82) is 0 Å². The van der Waals surface area contributed by atoms with Gasteiger partial charge in [-0.15, -0.1) is 0 Å². The standard InChI is InChI=1S/C25H32ClFN4O3/c1-16(20-5-3-4-6-21(20)26)23(24(29)32)30-11-12-31(19(14-30)15-34-2)25(33)22(28)13-17-7-9-18(27)10-8-17/h3-10,16,19,22-23H,11-15,28H2,1-2H3,(H2,29,32). The Morgan fingerprint density at radius 3 is 2.47 bits per heavy atom. The van der Waals surface area contributed by atoms with Gasteiger partial charge in [-0.3, -0.25) is 14.5 Å². The minimum Gasteiger partial charge on any atom is -0.382 e. The summed E-state index contributed by atoms with van der Waals surface area (Å²) < 4.78 is 18.6. The highest BCUT2D eigenvalue weighted by atomic mass is 35.5. The highest BCUT2D eigenvalue weighted by Gasteiger charge is 2.39. The van der Waals surface area contributed by atoms with Crippen LogP contribution in [0.5, 0.6) is 0 Å². The van der Waals surface area contributed by atoms with Crippen molar-refractivity contribution < 1.29 is 18.7 Å². The second-order valence-electron chi connectivity index (χ2n) is 8.73. The second-order valence-corrected chi connectivity index (χ2v) is 9.14. The van der Waals surface area contributed by atoms with Crippen LogP contribution >= 0.6 is 11.6 Å². The largest absolute Gasteiger partial charge is 0.382 e. The molecule has 2 aromatic rings. The lowest BCUT2D eigenvalue weighted by molar-refractivity contribution is -0.141. The second kappa shape index (κ2) is 11.8. The van der Waals surface area contributed by atoms with Gasteiger partial charge in [-0.2, -0.15) is 0 Å². The number of primary amides is 1. The van der Waals surface area contributed by atoms with Crippen molar-refractivity contribution in [2.24, 2.45) is 11.5 Å². The first-order valence-electron chi connectivity index (χ1n) is 11.3. The molecule has 1 heterocycles. The van der Waals surface area contributed by atoms with E-state index in [2.05, 4.69) is 0 Å². The van der Waals surface area contributed by atoms with E-state index in [1.165, 1.54) is 12.1 Å². The summed E-state index contributed by atoms with van der Waals surface area (Å²) in [6.45, 7) is 3.46. The van der Waals surface area contributed by atoms with E-state index in [-0.39, 0.29) is 30.3 Å². The summed E-state index contributed by atoms with van der Waals surface area (Å²) in [5.74, 6) is -1.23. The van der Waals surface area contributed by atoms with Gasteiger partial charge in [-0.25, -0.2) is 4.39 Å². The fourth-order valence-corrected chi connectivity index (χ4v) is 5.00. The lowest BCUT2D eigenvalue weighted by Gasteiger charge is -2.45. The Labute approximate surface area is 204 Å². The average Bonchev–Trinajstić information content (AvgIpc) is 2.80. The molecule has 2 amide bonds. The first kappa shape index (κ1) is 26.1. The molecule has 0 spiro atoms. The molecular weight excluding hydrogens is 459 g/mol. The summed E-state index contributed by atoms with van der Waals surface area (Å²) in [5.41, 5.74) is 13.7. The molecule has 1 aliphatic rings. The smallest absolute Gasteiger partial charge is 0.240 e. The number of piperazine rings is 1. The Morgan fingerprint density at radius 1 is 1.18 bits per heavy atom. The number of hydrogen-bond donors (Lipinski definition) is 2. The summed E-state index contributed by atoms with van der Waals surface area (Å²) in [4.78, 5) is 29.4. The van der Waals surface area contributed by atoms with Crippen LogP contribution in [0.1, 0.15) is 24.0 Å². The van der Waals surface area contributed by atoms with Gasteiger partial charge in [0.15, 0.2) is 0 Å². The summed E-state index contributed by atoms with van der Waals surface area (Å²) in [7, 11) is 1.57. The Bertz CT molecular complexity index is 990. The van der Waals surface area contributed by atoms with E-state index in [4.69, 9.17) is 27.8 Å². The SMILES string of the molecule is COCC1CN(C(C(N)=O)C(C)c2ccccc2Cl)CCN1C(=O)C(N)Cc1ccc(F)cc1. The van der Waals surface area contributed by atoms with Crippen LogP contribution in [0.3, 0.4) is 0 Å². The third-order valence-electron chi connectivity index (χ3n) is 6.40. The van der Waals surface area contributed by atoms with Gasteiger partial charge in [0.25, 0.3) is 0 Å². The van der Waals surface area contributed by atoms with Gasteiger partial charge < -0.3 is 21.1 Å². The first-order valence-corrected chi connectivity index (χ1v) is 11.7. The van der Waals surface area contributed by atoms with Crippen LogP contribution in [0.4, 0.5) is 4.39 Å². The van der Waals surface area contributed by atoms with Gasteiger partial charge >= 0.3 is 0 Å². The molecule has 0 saturated carbocycles. The Balaban J connectivity index is 1.74. The van der Waals surface area contributed by atoms with Crippen molar-refractivity contribution in [3.63, 3.8) is 0 Å². The van der Waals surface area contributed by atoms with E-state index in [9.17, 15) is 14.0 Å². The molecular formula is C25H32ClFN4O3. The molecule has 34 heavy (non-hydrogen) atoms. The first-order chi connectivity index (χ1) is 16.2. The number of hydrogen-bond acceptors (Lipinski definition) is 5. The van der Waals surface area contributed by atoms with Crippen LogP contribution in [-0.4, -0.2) is 73.1 Å². The monoisotopic (exact) mass is 490 g/mol. The maximum Gasteiger partial charge on any atom is 0.240 e. The van der Waals surface area contributed by atoms with Gasteiger partial charge in [0, 0.05) is 37.7 Å². The summed E-state index contributed by atoms with van der Waals surface area (Å²) in [6, 6.07) is 11.7. The lowest BCUT2D eigenvalue weighted by atomic mass is 9.90. The highest BCUT2D eigenvalue weighted by molar-refractivity contribution is 6.31. The van der Waals surface area contributed by atoms with Crippen LogP contribution < -0.4 is 11.5 Å².